The van der Waals surface area contributed by atoms with E-state index in [2.05, 4.69) is 52.4 Å². The minimum absolute atomic E-state index is 0.0187. The van der Waals surface area contributed by atoms with Gasteiger partial charge in [-0.1, -0.05) is 83.0 Å². The zero-order valence-corrected chi connectivity index (χ0v) is 23.6. The van der Waals surface area contributed by atoms with Crippen molar-refractivity contribution in [3.63, 3.8) is 0 Å². The number of carbonyl (C=O) groups excluding carboxylic acids is 2. The van der Waals surface area contributed by atoms with Crippen LogP contribution in [0.3, 0.4) is 0 Å². The van der Waals surface area contributed by atoms with Crippen LogP contribution in [-0.2, 0) is 22.6 Å². The highest BCUT2D eigenvalue weighted by atomic mass is 79.9. The number of hydrogen-bond acceptors (Lipinski definition) is 3. The smallest absolute Gasteiger partial charge is 0.243 e. The number of nitrogens with zero attached hydrogens (tertiary/aromatic N) is 1. The van der Waals surface area contributed by atoms with Crippen LogP contribution in [-0.4, -0.2) is 34.6 Å². The molecule has 0 aromatic heterocycles. The zero-order chi connectivity index (χ0) is 25.9. The van der Waals surface area contributed by atoms with E-state index in [1.54, 1.807) is 16.7 Å². The maximum atomic E-state index is 13.7. The van der Waals surface area contributed by atoms with Crippen molar-refractivity contribution in [1.29, 1.82) is 0 Å². The van der Waals surface area contributed by atoms with Crippen molar-refractivity contribution in [3.05, 3.63) is 100 Å². The van der Waals surface area contributed by atoms with Gasteiger partial charge >= 0.3 is 0 Å². The van der Waals surface area contributed by atoms with Crippen LogP contribution in [0.2, 0.25) is 0 Å². The van der Waals surface area contributed by atoms with Gasteiger partial charge in [0.25, 0.3) is 0 Å². The van der Waals surface area contributed by atoms with E-state index in [0.717, 1.165) is 26.9 Å². The molecule has 0 fully saturated rings. The van der Waals surface area contributed by atoms with E-state index in [1.165, 1.54) is 5.56 Å². The Morgan fingerprint density at radius 1 is 0.972 bits per heavy atom. The lowest BCUT2D eigenvalue weighted by Crippen LogP contribution is -2.52. The maximum absolute atomic E-state index is 13.7. The van der Waals surface area contributed by atoms with Crippen LogP contribution < -0.4 is 5.32 Å². The molecule has 2 atom stereocenters. The predicted octanol–water partition coefficient (Wildman–Crippen LogP) is 6.79. The molecule has 0 heterocycles. The summed E-state index contributed by atoms with van der Waals surface area (Å²) >= 11 is 5.20. The Bertz CT molecular complexity index is 1120. The molecule has 36 heavy (non-hydrogen) atoms. The second-order valence-electron chi connectivity index (χ2n) is 9.09. The number of carbonyl (C=O) groups is 2. The van der Waals surface area contributed by atoms with Gasteiger partial charge < -0.3 is 10.2 Å². The largest absolute Gasteiger partial charge is 0.352 e. The zero-order valence-electron chi connectivity index (χ0n) is 21.2. The summed E-state index contributed by atoms with van der Waals surface area (Å²) in [5.41, 5.74) is 3.23. The summed E-state index contributed by atoms with van der Waals surface area (Å²) < 4.78 is 0.950. The first-order chi connectivity index (χ1) is 17.4. The average molecular weight is 568 g/mol. The first kappa shape index (κ1) is 28.0. The number of benzene rings is 3. The number of amides is 2. The first-order valence-corrected chi connectivity index (χ1v) is 14.2. The van der Waals surface area contributed by atoms with Gasteiger partial charge in [-0.2, -0.15) is 0 Å². The van der Waals surface area contributed by atoms with E-state index in [9.17, 15) is 9.59 Å². The van der Waals surface area contributed by atoms with Crippen LogP contribution in [0.1, 0.15) is 43.4 Å². The van der Waals surface area contributed by atoms with E-state index in [1.807, 2.05) is 68.4 Å². The van der Waals surface area contributed by atoms with Crippen molar-refractivity contribution in [1.82, 2.24) is 10.2 Å². The highest BCUT2D eigenvalue weighted by Crippen LogP contribution is 2.22. The molecule has 3 rings (SSSR count). The normalized spacial score (nSPS) is 12.6. The van der Waals surface area contributed by atoms with Crippen LogP contribution in [0.15, 0.2) is 88.2 Å². The molecule has 0 saturated heterocycles. The fourth-order valence-corrected chi connectivity index (χ4v) is 5.15. The molecule has 0 unspecified atom stereocenters. The Labute approximate surface area is 228 Å². The lowest BCUT2D eigenvalue weighted by molar-refractivity contribution is -0.141. The molecule has 1 N–H and O–H groups in total. The van der Waals surface area contributed by atoms with Gasteiger partial charge in [-0.15, -0.1) is 11.8 Å². The molecule has 0 aliphatic rings. The van der Waals surface area contributed by atoms with Gasteiger partial charge in [0, 0.05) is 40.5 Å². The number of aryl methyl sites for hydroxylation is 1. The third-order valence-electron chi connectivity index (χ3n) is 6.12. The van der Waals surface area contributed by atoms with Gasteiger partial charge in [-0.05, 0) is 55.7 Å². The lowest BCUT2D eigenvalue weighted by atomic mass is 10.0. The Morgan fingerprint density at radius 2 is 1.67 bits per heavy atom. The van der Waals surface area contributed by atoms with Crippen molar-refractivity contribution >= 4 is 39.5 Å². The predicted molar refractivity (Wildman–Crippen MR) is 153 cm³/mol. The average Bonchev–Trinajstić information content (AvgIpc) is 2.87. The highest BCUT2D eigenvalue weighted by Gasteiger charge is 2.30. The highest BCUT2D eigenvalue weighted by molar-refractivity contribution is 9.10. The Kier molecular flexibility index (Phi) is 11.1. The molecule has 3 aromatic carbocycles. The van der Waals surface area contributed by atoms with Crippen LogP contribution in [0.4, 0.5) is 0 Å². The fraction of sp³-hybridized carbons (Fsp3) is 0.333. The number of nitrogens with one attached hydrogen (secondary N) is 1. The lowest BCUT2D eigenvalue weighted by Gasteiger charge is -2.32. The van der Waals surface area contributed by atoms with Gasteiger partial charge in [0.15, 0.2) is 0 Å². The van der Waals surface area contributed by atoms with Gasteiger partial charge in [-0.3, -0.25) is 9.59 Å². The summed E-state index contributed by atoms with van der Waals surface area (Å²) in [4.78, 5) is 30.1. The molecule has 3 aromatic rings. The molecule has 190 valence electrons. The molecule has 0 bridgehead atoms. The topological polar surface area (TPSA) is 49.4 Å². The van der Waals surface area contributed by atoms with E-state index in [0.29, 0.717) is 25.1 Å². The third kappa shape index (κ3) is 8.82. The minimum atomic E-state index is -0.600. The molecule has 0 spiro atoms. The molecule has 4 nitrogen and oxygen atoms in total. The standard InChI is InChI=1S/C30H35BrN2O2S/c1-4-23(3)32-30(35)28(20-24-9-6-5-7-10-24)33(21-25-11-8-12-26(31)19-25)29(34)17-18-36-27-15-13-22(2)14-16-27/h5-16,19,23,28H,4,17-18,20-21H2,1-3H3,(H,32,35)/t23-,28+/m1/s1. The Morgan fingerprint density at radius 3 is 2.33 bits per heavy atom. The van der Waals surface area contributed by atoms with E-state index in [-0.39, 0.29) is 17.9 Å². The molecule has 0 aliphatic carbocycles. The molecule has 0 radical (unpaired) electrons. The second-order valence-corrected chi connectivity index (χ2v) is 11.2. The number of rotatable bonds is 12. The summed E-state index contributed by atoms with van der Waals surface area (Å²) in [5, 5.41) is 3.12. The number of hydrogen-bond donors (Lipinski definition) is 1. The van der Waals surface area contributed by atoms with Crippen molar-refractivity contribution in [2.75, 3.05) is 5.75 Å². The van der Waals surface area contributed by atoms with Crippen molar-refractivity contribution < 1.29 is 9.59 Å². The molecule has 0 saturated carbocycles. The number of thioether (sulfide) groups is 1. The van der Waals surface area contributed by atoms with Gasteiger partial charge in [0.05, 0.1) is 0 Å². The van der Waals surface area contributed by atoms with Crippen molar-refractivity contribution in [2.45, 2.75) is 63.6 Å². The Balaban J connectivity index is 1.85. The monoisotopic (exact) mass is 566 g/mol. The summed E-state index contributed by atoms with van der Waals surface area (Å²) in [6.45, 7) is 6.48. The quantitative estimate of drug-likeness (QED) is 0.245. The van der Waals surface area contributed by atoms with Crippen molar-refractivity contribution in [2.24, 2.45) is 0 Å². The number of halogens is 1. The molecular formula is C30H35BrN2O2S. The second kappa shape index (κ2) is 14.2. The fourth-order valence-electron chi connectivity index (χ4n) is 3.86. The molecule has 2 amide bonds. The van der Waals surface area contributed by atoms with E-state index < -0.39 is 6.04 Å². The van der Waals surface area contributed by atoms with Crippen molar-refractivity contribution in [3.8, 4) is 0 Å². The van der Waals surface area contributed by atoms with Crippen LogP contribution >= 0.6 is 27.7 Å². The summed E-state index contributed by atoms with van der Waals surface area (Å²) in [6.07, 6.45) is 1.65. The summed E-state index contributed by atoms with van der Waals surface area (Å²) in [6, 6.07) is 25.6. The Hall–Kier alpha value is -2.57. The van der Waals surface area contributed by atoms with Crippen LogP contribution in [0, 0.1) is 6.92 Å². The van der Waals surface area contributed by atoms with Gasteiger partial charge in [0.1, 0.15) is 6.04 Å². The van der Waals surface area contributed by atoms with E-state index in [4.69, 9.17) is 0 Å². The molecule has 0 aliphatic heterocycles. The van der Waals surface area contributed by atoms with Crippen LogP contribution in [0.5, 0.6) is 0 Å². The SMILES string of the molecule is CC[C@@H](C)NC(=O)[C@H](Cc1ccccc1)N(Cc1cccc(Br)c1)C(=O)CCSc1ccc(C)cc1. The van der Waals surface area contributed by atoms with Crippen LogP contribution in [0.25, 0.3) is 0 Å². The molecular weight excluding hydrogens is 532 g/mol. The minimum Gasteiger partial charge on any atom is -0.352 e. The molecule has 6 heteroatoms. The third-order valence-corrected chi connectivity index (χ3v) is 7.63. The van der Waals surface area contributed by atoms with E-state index >= 15 is 0 Å². The van der Waals surface area contributed by atoms with Gasteiger partial charge in [-0.25, -0.2) is 0 Å². The summed E-state index contributed by atoms with van der Waals surface area (Å²) in [7, 11) is 0. The maximum Gasteiger partial charge on any atom is 0.243 e. The van der Waals surface area contributed by atoms with Gasteiger partial charge in [0.2, 0.25) is 11.8 Å². The first-order valence-electron chi connectivity index (χ1n) is 12.4. The summed E-state index contributed by atoms with van der Waals surface area (Å²) in [5.74, 6) is 0.527.